The highest BCUT2D eigenvalue weighted by molar-refractivity contribution is 5.20. The number of rotatable bonds is 6. The molecule has 128 valence electrons. The second-order valence-corrected chi connectivity index (χ2v) is 6.11. The number of morpholine rings is 1. The first-order valence-electron chi connectivity index (χ1n) is 8.45. The average molecular weight is 329 g/mol. The van der Waals surface area contributed by atoms with Gasteiger partial charge in [0.2, 0.25) is 0 Å². The number of nitrogens with zero attached hydrogens (tertiary/aromatic N) is 2. The number of halogens is 1. The van der Waals surface area contributed by atoms with Crippen LogP contribution in [0.25, 0.3) is 0 Å². The van der Waals surface area contributed by atoms with Gasteiger partial charge >= 0.3 is 0 Å². The number of hydrogen-bond donors (Lipinski definition) is 1. The third-order valence-corrected chi connectivity index (χ3v) is 4.48. The molecule has 24 heavy (non-hydrogen) atoms. The molecular weight excluding hydrogens is 305 g/mol. The van der Waals surface area contributed by atoms with E-state index in [0.717, 1.165) is 38.5 Å². The van der Waals surface area contributed by atoms with Crippen molar-refractivity contribution in [3.63, 3.8) is 0 Å². The molecule has 1 aromatic carbocycles. The van der Waals surface area contributed by atoms with Gasteiger partial charge in [-0.15, -0.1) is 0 Å². The molecule has 2 heterocycles. The molecular formula is C19H24FN3O. The summed E-state index contributed by atoms with van der Waals surface area (Å²) in [5.74, 6) is -0.304. The van der Waals surface area contributed by atoms with Gasteiger partial charge in [-0.1, -0.05) is 30.3 Å². The van der Waals surface area contributed by atoms with Crippen molar-refractivity contribution in [2.24, 2.45) is 0 Å². The Kier molecular flexibility index (Phi) is 5.91. The smallest absolute Gasteiger partial charge is 0.141 e. The summed E-state index contributed by atoms with van der Waals surface area (Å²) in [5, 5.41) is 3.55. The van der Waals surface area contributed by atoms with Crippen molar-refractivity contribution in [1.82, 2.24) is 15.2 Å². The van der Waals surface area contributed by atoms with Gasteiger partial charge in [-0.2, -0.15) is 0 Å². The van der Waals surface area contributed by atoms with Crippen LogP contribution < -0.4 is 5.32 Å². The van der Waals surface area contributed by atoms with Crippen molar-refractivity contribution in [3.8, 4) is 0 Å². The van der Waals surface area contributed by atoms with E-state index < -0.39 is 0 Å². The van der Waals surface area contributed by atoms with Crippen LogP contribution in [0.15, 0.2) is 48.7 Å². The minimum atomic E-state index is -0.304. The molecule has 0 unspecified atom stereocenters. The van der Waals surface area contributed by atoms with Crippen molar-refractivity contribution < 1.29 is 9.13 Å². The molecule has 5 heteroatoms. The quantitative estimate of drug-likeness (QED) is 0.884. The third kappa shape index (κ3) is 4.38. The van der Waals surface area contributed by atoms with Crippen molar-refractivity contribution in [3.05, 3.63) is 65.7 Å². The lowest BCUT2D eigenvalue weighted by Crippen LogP contribution is -2.43. The molecule has 1 fully saturated rings. The number of hydrogen-bond acceptors (Lipinski definition) is 4. The summed E-state index contributed by atoms with van der Waals surface area (Å²) in [6.45, 7) is 6.29. The topological polar surface area (TPSA) is 37.4 Å². The monoisotopic (exact) mass is 329 g/mol. The minimum Gasteiger partial charge on any atom is -0.379 e. The largest absolute Gasteiger partial charge is 0.379 e. The number of nitrogens with one attached hydrogen (secondary N) is 1. The normalized spacial score (nSPS) is 18.2. The molecule has 1 aliphatic heterocycles. The lowest BCUT2D eigenvalue weighted by Gasteiger charge is -2.35. The van der Waals surface area contributed by atoms with Gasteiger partial charge in [-0.25, -0.2) is 4.39 Å². The maximum atomic E-state index is 13.0. The van der Waals surface area contributed by atoms with E-state index in [1.165, 1.54) is 17.8 Å². The highest BCUT2D eigenvalue weighted by atomic mass is 19.1. The fourth-order valence-corrected chi connectivity index (χ4v) is 3.06. The Morgan fingerprint density at radius 1 is 1.17 bits per heavy atom. The minimum absolute atomic E-state index is 0.0675. The Hall–Kier alpha value is -1.82. The van der Waals surface area contributed by atoms with Gasteiger partial charge in [0.25, 0.3) is 0 Å². The van der Waals surface area contributed by atoms with E-state index in [1.54, 1.807) is 6.07 Å². The van der Waals surface area contributed by atoms with Crippen LogP contribution in [0.4, 0.5) is 4.39 Å². The van der Waals surface area contributed by atoms with Crippen LogP contribution in [-0.4, -0.2) is 42.7 Å². The molecule has 0 aliphatic carbocycles. The second-order valence-electron chi connectivity index (χ2n) is 6.11. The fourth-order valence-electron chi connectivity index (χ4n) is 3.06. The Balaban J connectivity index is 1.68. The van der Waals surface area contributed by atoms with E-state index in [9.17, 15) is 4.39 Å². The first-order chi connectivity index (χ1) is 11.7. The molecule has 2 aromatic rings. The van der Waals surface area contributed by atoms with Crippen molar-refractivity contribution in [1.29, 1.82) is 0 Å². The van der Waals surface area contributed by atoms with Gasteiger partial charge in [0.05, 0.1) is 25.1 Å². The van der Waals surface area contributed by atoms with E-state index in [-0.39, 0.29) is 17.9 Å². The first-order valence-corrected chi connectivity index (χ1v) is 8.45. The number of benzene rings is 1. The molecule has 2 atom stereocenters. The molecule has 0 saturated carbocycles. The van der Waals surface area contributed by atoms with Crippen LogP contribution in [0, 0.1) is 5.82 Å². The summed E-state index contributed by atoms with van der Waals surface area (Å²) in [5.41, 5.74) is 2.15. The zero-order valence-electron chi connectivity index (χ0n) is 14.0. The zero-order chi connectivity index (χ0) is 16.8. The highest BCUT2D eigenvalue weighted by Crippen LogP contribution is 2.22. The fraction of sp³-hybridized carbons (Fsp3) is 0.421. The van der Waals surface area contributed by atoms with Crippen LogP contribution >= 0.6 is 0 Å². The van der Waals surface area contributed by atoms with Gasteiger partial charge < -0.3 is 10.1 Å². The van der Waals surface area contributed by atoms with E-state index in [2.05, 4.69) is 46.4 Å². The molecule has 1 saturated heterocycles. The molecule has 0 radical (unpaired) electrons. The molecule has 1 aromatic heterocycles. The van der Waals surface area contributed by atoms with Gasteiger partial charge in [-0.3, -0.25) is 9.88 Å². The van der Waals surface area contributed by atoms with Gasteiger partial charge in [0.1, 0.15) is 5.82 Å². The Morgan fingerprint density at radius 3 is 2.58 bits per heavy atom. The number of aromatic nitrogens is 1. The zero-order valence-corrected chi connectivity index (χ0v) is 14.0. The van der Waals surface area contributed by atoms with Crippen LogP contribution in [0.5, 0.6) is 0 Å². The summed E-state index contributed by atoms with van der Waals surface area (Å²) >= 11 is 0. The summed E-state index contributed by atoms with van der Waals surface area (Å²) in [6.07, 6.45) is 1.27. The van der Waals surface area contributed by atoms with Crippen molar-refractivity contribution in [2.45, 2.75) is 19.0 Å². The van der Waals surface area contributed by atoms with E-state index in [4.69, 9.17) is 4.74 Å². The average Bonchev–Trinajstić information content (AvgIpc) is 2.64. The van der Waals surface area contributed by atoms with Crippen LogP contribution in [0.2, 0.25) is 0 Å². The molecule has 3 rings (SSSR count). The maximum absolute atomic E-state index is 13.0. The molecule has 1 aliphatic rings. The van der Waals surface area contributed by atoms with Crippen LogP contribution in [0.3, 0.4) is 0 Å². The van der Waals surface area contributed by atoms with Crippen molar-refractivity contribution >= 4 is 0 Å². The molecule has 4 nitrogen and oxygen atoms in total. The number of ether oxygens (including phenoxy) is 1. The molecule has 0 bridgehead atoms. The van der Waals surface area contributed by atoms with E-state index in [1.807, 2.05) is 6.07 Å². The predicted octanol–water partition coefficient (Wildman–Crippen LogP) is 2.94. The molecule has 0 amide bonds. The van der Waals surface area contributed by atoms with Crippen LogP contribution in [0.1, 0.15) is 30.3 Å². The number of pyridine rings is 1. The van der Waals surface area contributed by atoms with Gasteiger partial charge in [0.15, 0.2) is 0 Å². The Bertz CT molecular complexity index is 614. The van der Waals surface area contributed by atoms with Crippen LogP contribution in [-0.2, 0) is 4.74 Å². The van der Waals surface area contributed by atoms with E-state index in [0.29, 0.717) is 0 Å². The standard InChI is InChI=1S/C19H24FN3O/c1-15(18-8-7-17(20)13-22-18)21-14-19(16-5-3-2-4-6-16)23-9-11-24-12-10-23/h2-8,13,15,19,21H,9-12,14H2,1H3/t15-,19-/m0/s1. The molecule has 1 N–H and O–H groups in total. The lowest BCUT2D eigenvalue weighted by atomic mass is 10.0. The lowest BCUT2D eigenvalue weighted by molar-refractivity contribution is 0.0157. The summed E-state index contributed by atoms with van der Waals surface area (Å²) < 4.78 is 18.5. The van der Waals surface area contributed by atoms with E-state index >= 15 is 0 Å². The Labute approximate surface area is 142 Å². The summed E-state index contributed by atoms with van der Waals surface area (Å²) in [6, 6.07) is 14.1. The van der Waals surface area contributed by atoms with Gasteiger partial charge in [0, 0.05) is 31.7 Å². The highest BCUT2D eigenvalue weighted by Gasteiger charge is 2.23. The SMILES string of the molecule is C[C@H](NC[C@@H](c1ccccc1)N1CCOCC1)c1ccc(F)cn1. The predicted molar refractivity (Wildman–Crippen MR) is 92.2 cm³/mol. The van der Waals surface area contributed by atoms with Crippen molar-refractivity contribution in [2.75, 3.05) is 32.8 Å². The maximum Gasteiger partial charge on any atom is 0.141 e. The first kappa shape index (κ1) is 17.0. The summed E-state index contributed by atoms with van der Waals surface area (Å²) in [4.78, 5) is 6.63. The Morgan fingerprint density at radius 2 is 1.92 bits per heavy atom. The second kappa shape index (κ2) is 8.33. The third-order valence-electron chi connectivity index (χ3n) is 4.48. The molecule has 0 spiro atoms. The van der Waals surface area contributed by atoms with Gasteiger partial charge in [-0.05, 0) is 24.6 Å². The summed E-state index contributed by atoms with van der Waals surface area (Å²) in [7, 11) is 0.